The minimum atomic E-state index is -0.00106. The topological polar surface area (TPSA) is 49.4 Å². The summed E-state index contributed by atoms with van der Waals surface area (Å²) >= 11 is 0. The Morgan fingerprint density at radius 1 is 1.04 bits per heavy atom. The van der Waals surface area contributed by atoms with Gasteiger partial charge in [0.2, 0.25) is 11.8 Å². The van der Waals surface area contributed by atoms with Crippen LogP contribution in [0.1, 0.15) is 24.8 Å². The van der Waals surface area contributed by atoms with E-state index in [0.717, 1.165) is 36.3 Å². The zero-order chi connectivity index (χ0) is 16.1. The second kappa shape index (κ2) is 7.09. The van der Waals surface area contributed by atoms with Crippen LogP contribution in [-0.4, -0.2) is 18.4 Å². The van der Waals surface area contributed by atoms with E-state index in [2.05, 4.69) is 5.32 Å². The van der Waals surface area contributed by atoms with Crippen LogP contribution in [0.25, 0.3) is 0 Å². The SMILES string of the molecule is O=C(CCc1ccccc1)Nc1ccc(N2CCCC2=O)cc1. The zero-order valence-corrected chi connectivity index (χ0v) is 13.0. The highest BCUT2D eigenvalue weighted by molar-refractivity contribution is 5.96. The lowest BCUT2D eigenvalue weighted by molar-refractivity contribution is -0.117. The van der Waals surface area contributed by atoms with E-state index < -0.39 is 0 Å². The van der Waals surface area contributed by atoms with Crippen molar-refractivity contribution in [2.45, 2.75) is 25.7 Å². The Balaban J connectivity index is 1.53. The average molecular weight is 308 g/mol. The van der Waals surface area contributed by atoms with Gasteiger partial charge in [0, 0.05) is 30.8 Å². The Morgan fingerprint density at radius 2 is 1.78 bits per heavy atom. The van der Waals surface area contributed by atoms with Crippen molar-refractivity contribution in [2.24, 2.45) is 0 Å². The number of aryl methyl sites for hydroxylation is 1. The summed E-state index contributed by atoms with van der Waals surface area (Å²) in [5.74, 6) is 0.170. The van der Waals surface area contributed by atoms with Gasteiger partial charge in [-0.05, 0) is 42.7 Å². The average Bonchev–Trinajstić information content (AvgIpc) is 3.01. The van der Waals surface area contributed by atoms with Crippen molar-refractivity contribution >= 4 is 23.2 Å². The van der Waals surface area contributed by atoms with Gasteiger partial charge in [0.1, 0.15) is 0 Å². The first-order chi connectivity index (χ1) is 11.2. The number of anilines is 2. The summed E-state index contributed by atoms with van der Waals surface area (Å²) in [5.41, 5.74) is 2.82. The summed E-state index contributed by atoms with van der Waals surface area (Å²) in [4.78, 5) is 25.5. The van der Waals surface area contributed by atoms with Gasteiger partial charge in [0.15, 0.2) is 0 Å². The molecule has 0 spiro atoms. The number of nitrogens with one attached hydrogen (secondary N) is 1. The lowest BCUT2D eigenvalue weighted by Gasteiger charge is -2.16. The summed E-state index contributed by atoms with van der Waals surface area (Å²) in [5, 5.41) is 2.90. The lowest BCUT2D eigenvalue weighted by Crippen LogP contribution is -2.23. The molecule has 0 saturated carbocycles. The summed E-state index contributed by atoms with van der Waals surface area (Å²) in [6.07, 6.45) is 2.72. The van der Waals surface area contributed by atoms with Crippen molar-refractivity contribution in [2.75, 3.05) is 16.8 Å². The van der Waals surface area contributed by atoms with Gasteiger partial charge < -0.3 is 10.2 Å². The molecule has 1 aliphatic heterocycles. The molecule has 0 aromatic heterocycles. The zero-order valence-electron chi connectivity index (χ0n) is 13.0. The molecular formula is C19H20N2O2. The molecule has 2 aromatic carbocycles. The van der Waals surface area contributed by atoms with Crippen molar-refractivity contribution in [1.82, 2.24) is 0 Å². The van der Waals surface area contributed by atoms with Crippen molar-refractivity contribution in [3.05, 3.63) is 60.2 Å². The van der Waals surface area contributed by atoms with E-state index in [9.17, 15) is 9.59 Å². The number of carbonyl (C=O) groups excluding carboxylic acids is 2. The lowest BCUT2D eigenvalue weighted by atomic mass is 10.1. The molecule has 0 unspecified atom stereocenters. The largest absolute Gasteiger partial charge is 0.326 e. The van der Waals surface area contributed by atoms with Gasteiger partial charge in [-0.25, -0.2) is 0 Å². The summed E-state index contributed by atoms with van der Waals surface area (Å²) in [6, 6.07) is 17.4. The molecule has 0 bridgehead atoms. The molecule has 1 saturated heterocycles. The number of rotatable bonds is 5. The Bertz CT molecular complexity index is 680. The minimum absolute atomic E-state index is 0.00106. The van der Waals surface area contributed by atoms with Crippen molar-refractivity contribution in [1.29, 1.82) is 0 Å². The van der Waals surface area contributed by atoms with E-state index in [4.69, 9.17) is 0 Å². The second-order valence-corrected chi connectivity index (χ2v) is 5.73. The fourth-order valence-electron chi connectivity index (χ4n) is 2.77. The van der Waals surface area contributed by atoms with Gasteiger partial charge >= 0.3 is 0 Å². The Labute approximate surface area is 136 Å². The number of hydrogen-bond donors (Lipinski definition) is 1. The van der Waals surface area contributed by atoms with Crippen molar-refractivity contribution < 1.29 is 9.59 Å². The monoisotopic (exact) mass is 308 g/mol. The second-order valence-electron chi connectivity index (χ2n) is 5.73. The highest BCUT2D eigenvalue weighted by Gasteiger charge is 2.21. The highest BCUT2D eigenvalue weighted by atomic mass is 16.2. The molecule has 4 heteroatoms. The molecule has 0 atom stereocenters. The number of amides is 2. The van der Waals surface area contributed by atoms with E-state index in [0.29, 0.717) is 12.8 Å². The number of carbonyl (C=O) groups is 2. The van der Waals surface area contributed by atoms with Crippen LogP contribution in [0, 0.1) is 0 Å². The summed E-state index contributed by atoms with van der Waals surface area (Å²) in [7, 11) is 0. The number of nitrogens with zero attached hydrogens (tertiary/aromatic N) is 1. The first-order valence-corrected chi connectivity index (χ1v) is 7.96. The van der Waals surface area contributed by atoms with Crippen LogP contribution in [0.5, 0.6) is 0 Å². The van der Waals surface area contributed by atoms with E-state index in [1.807, 2.05) is 54.6 Å². The van der Waals surface area contributed by atoms with Gasteiger partial charge in [0.25, 0.3) is 0 Å². The molecule has 4 nitrogen and oxygen atoms in total. The first-order valence-electron chi connectivity index (χ1n) is 7.96. The normalized spacial score (nSPS) is 14.1. The molecule has 1 N–H and O–H groups in total. The summed E-state index contributed by atoms with van der Waals surface area (Å²) < 4.78 is 0. The molecular weight excluding hydrogens is 288 g/mol. The molecule has 1 heterocycles. The van der Waals surface area contributed by atoms with Crippen LogP contribution in [0.15, 0.2) is 54.6 Å². The molecule has 0 radical (unpaired) electrons. The predicted octanol–water partition coefficient (Wildman–Crippen LogP) is 3.38. The Morgan fingerprint density at radius 3 is 2.43 bits per heavy atom. The number of benzene rings is 2. The smallest absolute Gasteiger partial charge is 0.227 e. The fraction of sp³-hybridized carbons (Fsp3) is 0.263. The van der Waals surface area contributed by atoms with Gasteiger partial charge in [-0.3, -0.25) is 9.59 Å². The van der Waals surface area contributed by atoms with E-state index >= 15 is 0 Å². The molecule has 1 fully saturated rings. The van der Waals surface area contributed by atoms with Gasteiger partial charge in [-0.1, -0.05) is 30.3 Å². The van der Waals surface area contributed by atoms with Crippen LogP contribution >= 0.6 is 0 Å². The van der Waals surface area contributed by atoms with Gasteiger partial charge in [-0.15, -0.1) is 0 Å². The molecule has 3 rings (SSSR count). The minimum Gasteiger partial charge on any atom is -0.326 e. The molecule has 2 amide bonds. The predicted molar refractivity (Wildman–Crippen MR) is 91.4 cm³/mol. The fourth-order valence-corrected chi connectivity index (χ4v) is 2.77. The van der Waals surface area contributed by atoms with Crippen molar-refractivity contribution in [3.8, 4) is 0 Å². The number of hydrogen-bond acceptors (Lipinski definition) is 2. The Kier molecular flexibility index (Phi) is 4.71. The third-order valence-electron chi connectivity index (χ3n) is 4.02. The molecule has 118 valence electrons. The van der Waals surface area contributed by atoms with Gasteiger partial charge in [0.05, 0.1) is 0 Å². The first kappa shape index (κ1) is 15.3. The third kappa shape index (κ3) is 3.97. The van der Waals surface area contributed by atoms with E-state index in [1.54, 1.807) is 4.90 Å². The van der Waals surface area contributed by atoms with Crippen LogP contribution in [0.2, 0.25) is 0 Å². The molecule has 23 heavy (non-hydrogen) atoms. The molecule has 2 aromatic rings. The highest BCUT2D eigenvalue weighted by Crippen LogP contribution is 2.23. The van der Waals surface area contributed by atoms with Gasteiger partial charge in [-0.2, -0.15) is 0 Å². The van der Waals surface area contributed by atoms with Crippen molar-refractivity contribution in [3.63, 3.8) is 0 Å². The molecule has 1 aliphatic rings. The van der Waals surface area contributed by atoms with Crippen LogP contribution < -0.4 is 10.2 Å². The Hall–Kier alpha value is -2.62. The summed E-state index contributed by atoms with van der Waals surface area (Å²) in [6.45, 7) is 0.779. The maximum absolute atomic E-state index is 12.0. The van der Waals surface area contributed by atoms with Crippen LogP contribution in [-0.2, 0) is 16.0 Å². The van der Waals surface area contributed by atoms with E-state index in [1.165, 1.54) is 0 Å². The third-order valence-corrected chi connectivity index (χ3v) is 4.02. The maximum atomic E-state index is 12.0. The maximum Gasteiger partial charge on any atom is 0.227 e. The standard InChI is InChI=1S/C19H20N2O2/c22-18(13-8-15-5-2-1-3-6-15)20-16-9-11-17(12-10-16)21-14-4-7-19(21)23/h1-3,5-6,9-12H,4,7-8,13-14H2,(H,20,22). The molecule has 0 aliphatic carbocycles. The van der Waals surface area contributed by atoms with Crippen LogP contribution in [0.4, 0.5) is 11.4 Å². The van der Waals surface area contributed by atoms with E-state index in [-0.39, 0.29) is 11.8 Å². The van der Waals surface area contributed by atoms with Crippen LogP contribution in [0.3, 0.4) is 0 Å². The quantitative estimate of drug-likeness (QED) is 0.920.